The minimum atomic E-state index is -2.40. The largest absolute Gasteiger partial charge is 0.481 e. The average Bonchev–Trinajstić information content (AvgIpc) is 2.73. The van der Waals surface area contributed by atoms with Gasteiger partial charge in [0.15, 0.2) is 0 Å². The number of carboxylic acid groups (broad SMARTS) is 1. The molecule has 0 aliphatic heterocycles. The molecule has 0 amide bonds. The van der Waals surface area contributed by atoms with E-state index in [-0.39, 0.29) is 12.2 Å². The molecule has 0 saturated heterocycles. The smallest absolute Gasteiger partial charge is 0.303 e. The molecule has 18 heavy (non-hydrogen) atoms. The van der Waals surface area contributed by atoms with Gasteiger partial charge in [-0.3, -0.25) is 4.79 Å². The zero-order chi connectivity index (χ0) is 13.4. The first kappa shape index (κ1) is 15.0. The van der Waals surface area contributed by atoms with Crippen molar-refractivity contribution in [3.63, 3.8) is 0 Å². The third kappa shape index (κ3) is 6.61. The summed E-state index contributed by atoms with van der Waals surface area (Å²) in [5.74, 6) is -1.89. The van der Waals surface area contributed by atoms with E-state index in [1.54, 1.807) is 12.1 Å². The van der Waals surface area contributed by atoms with Gasteiger partial charge in [0.2, 0.25) is 0 Å². The zero-order valence-corrected chi connectivity index (χ0v) is 10.5. The van der Waals surface area contributed by atoms with Crippen LogP contribution in [0.1, 0.15) is 24.4 Å². The van der Waals surface area contributed by atoms with Crippen LogP contribution in [-0.4, -0.2) is 23.4 Å². The number of aliphatic carboxylic acids is 1. The van der Waals surface area contributed by atoms with Crippen LogP contribution in [0, 0.1) is 0 Å². The number of thioether (sulfide) groups is 1. The van der Waals surface area contributed by atoms with Gasteiger partial charge < -0.3 is 14.8 Å². The van der Waals surface area contributed by atoms with E-state index in [1.807, 2.05) is 0 Å². The summed E-state index contributed by atoms with van der Waals surface area (Å²) in [5.41, 5.74) is 0. The Hall–Kier alpha value is -1.08. The maximum atomic E-state index is 11.9. The summed E-state index contributed by atoms with van der Waals surface area (Å²) in [6, 6.07) is 3.40. The fraction of sp³-hybridized carbons (Fsp3) is 0.545. The predicted octanol–water partition coefficient (Wildman–Crippen LogP) is 2.69. The van der Waals surface area contributed by atoms with Gasteiger partial charge in [-0.25, -0.2) is 0 Å². The lowest BCUT2D eigenvalue weighted by Crippen LogP contribution is -2.15. The number of furan rings is 1. The number of hydrogen-bond acceptors (Lipinski definition) is 4. The van der Waals surface area contributed by atoms with Crippen molar-refractivity contribution in [3.8, 4) is 0 Å². The quantitative estimate of drug-likeness (QED) is 0.680. The molecule has 0 atom stereocenters. The number of hydrogen-bond donors (Lipinski definition) is 2. The average molecular weight is 279 g/mol. The maximum absolute atomic E-state index is 11.9. The van der Waals surface area contributed by atoms with E-state index in [0.717, 1.165) is 0 Å². The lowest BCUT2D eigenvalue weighted by molar-refractivity contribution is -0.137. The Kier molecular flexibility index (Phi) is 6.74. The van der Waals surface area contributed by atoms with E-state index in [2.05, 4.69) is 5.32 Å². The minimum absolute atomic E-state index is 0.126. The van der Waals surface area contributed by atoms with Crippen molar-refractivity contribution in [2.45, 2.75) is 30.9 Å². The topological polar surface area (TPSA) is 62.5 Å². The molecule has 0 spiro atoms. The van der Waals surface area contributed by atoms with Crippen LogP contribution in [0.5, 0.6) is 0 Å². The van der Waals surface area contributed by atoms with Crippen LogP contribution in [0.3, 0.4) is 0 Å². The number of rotatable bonds is 9. The highest BCUT2D eigenvalue weighted by atomic mass is 32.2. The SMILES string of the molecule is O=C(O)CCCNCc1ccc(CSC(F)F)o1. The number of halogens is 2. The Labute approximate surface area is 108 Å². The highest BCUT2D eigenvalue weighted by molar-refractivity contribution is 7.98. The number of carboxylic acids is 1. The van der Waals surface area contributed by atoms with Crippen LogP contribution < -0.4 is 5.32 Å². The van der Waals surface area contributed by atoms with Crippen molar-refractivity contribution in [1.29, 1.82) is 0 Å². The molecule has 1 aromatic heterocycles. The minimum Gasteiger partial charge on any atom is -0.481 e. The molecular weight excluding hydrogens is 264 g/mol. The second-order valence-electron chi connectivity index (χ2n) is 3.61. The monoisotopic (exact) mass is 279 g/mol. The zero-order valence-electron chi connectivity index (χ0n) is 9.70. The fourth-order valence-electron chi connectivity index (χ4n) is 1.32. The summed E-state index contributed by atoms with van der Waals surface area (Å²) in [5, 5.41) is 11.5. The molecule has 1 aromatic rings. The van der Waals surface area contributed by atoms with Gasteiger partial charge in [-0.15, -0.1) is 0 Å². The molecule has 0 fully saturated rings. The summed E-state index contributed by atoms with van der Waals surface area (Å²) < 4.78 is 29.2. The van der Waals surface area contributed by atoms with Gasteiger partial charge in [0, 0.05) is 6.42 Å². The van der Waals surface area contributed by atoms with Gasteiger partial charge in [-0.05, 0) is 25.1 Å². The Balaban J connectivity index is 2.17. The van der Waals surface area contributed by atoms with Crippen molar-refractivity contribution in [1.82, 2.24) is 5.32 Å². The van der Waals surface area contributed by atoms with Crippen molar-refractivity contribution in [2.24, 2.45) is 0 Å². The second kappa shape index (κ2) is 8.10. The molecule has 0 aromatic carbocycles. The molecular formula is C11H15F2NO3S. The Bertz CT molecular complexity index is 371. The number of carbonyl (C=O) groups is 1. The van der Waals surface area contributed by atoms with Crippen LogP contribution in [0.4, 0.5) is 8.78 Å². The van der Waals surface area contributed by atoms with E-state index >= 15 is 0 Å². The first-order valence-corrected chi connectivity index (χ1v) is 6.52. The molecule has 7 heteroatoms. The molecule has 2 N–H and O–H groups in total. The standard InChI is InChI=1S/C11H15F2NO3S/c12-11(13)18-7-9-4-3-8(17-9)6-14-5-1-2-10(15)16/h3-4,11,14H,1-2,5-7H2,(H,15,16). The predicted molar refractivity (Wildman–Crippen MR) is 64.6 cm³/mol. The van der Waals surface area contributed by atoms with E-state index in [1.165, 1.54) is 0 Å². The Morgan fingerprint density at radius 2 is 2.17 bits per heavy atom. The molecule has 1 heterocycles. The summed E-state index contributed by atoms with van der Waals surface area (Å²) in [6.07, 6.45) is 0.672. The molecule has 0 aliphatic carbocycles. The molecule has 0 bridgehead atoms. The summed E-state index contributed by atoms with van der Waals surface area (Å²) in [7, 11) is 0. The van der Waals surface area contributed by atoms with Crippen LogP contribution in [-0.2, 0) is 17.1 Å². The Morgan fingerprint density at radius 3 is 2.83 bits per heavy atom. The van der Waals surface area contributed by atoms with E-state index in [9.17, 15) is 13.6 Å². The molecule has 0 unspecified atom stereocenters. The van der Waals surface area contributed by atoms with Crippen LogP contribution in [0.25, 0.3) is 0 Å². The summed E-state index contributed by atoms with van der Waals surface area (Å²) in [4.78, 5) is 10.3. The molecule has 1 rings (SSSR count). The molecule has 0 aliphatic rings. The van der Waals surface area contributed by atoms with Crippen LogP contribution in [0.2, 0.25) is 0 Å². The highest BCUT2D eigenvalue weighted by Crippen LogP contribution is 2.21. The van der Waals surface area contributed by atoms with E-state index < -0.39 is 11.7 Å². The van der Waals surface area contributed by atoms with Gasteiger partial charge in [0.05, 0.1) is 12.3 Å². The molecule has 0 saturated carbocycles. The highest BCUT2D eigenvalue weighted by Gasteiger charge is 2.07. The first-order chi connectivity index (χ1) is 8.58. The van der Waals surface area contributed by atoms with Crippen molar-refractivity contribution in [2.75, 3.05) is 6.54 Å². The number of nitrogens with one attached hydrogen (secondary N) is 1. The van der Waals surface area contributed by atoms with Gasteiger partial charge >= 0.3 is 5.97 Å². The van der Waals surface area contributed by atoms with E-state index in [0.29, 0.717) is 42.8 Å². The third-order valence-corrected chi connectivity index (χ3v) is 2.82. The maximum Gasteiger partial charge on any atom is 0.303 e. The molecule has 0 radical (unpaired) electrons. The second-order valence-corrected chi connectivity index (χ2v) is 4.59. The summed E-state index contributed by atoms with van der Waals surface area (Å²) in [6.45, 7) is 1.05. The van der Waals surface area contributed by atoms with Crippen molar-refractivity contribution < 1.29 is 23.1 Å². The first-order valence-electron chi connectivity index (χ1n) is 5.48. The lowest BCUT2D eigenvalue weighted by Gasteiger charge is -2.01. The van der Waals surface area contributed by atoms with Crippen molar-refractivity contribution >= 4 is 17.7 Å². The van der Waals surface area contributed by atoms with Gasteiger partial charge in [0.1, 0.15) is 11.5 Å². The summed E-state index contributed by atoms with van der Waals surface area (Å²) >= 11 is 0.520. The van der Waals surface area contributed by atoms with Gasteiger partial charge in [-0.2, -0.15) is 8.78 Å². The molecule has 4 nitrogen and oxygen atoms in total. The lowest BCUT2D eigenvalue weighted by atomic mass is 10.3. The molecule has 102 valence electrons. The van der Waals surface area contributed by atoms with Crippen LogP contribution in [0.15, 0.2) is 16.5 Å². The van der Waals surface area contributed by atoms with Crippen LogP contribution >= 0.6 is 11.8 Å². The van der Waals surface area contributed by atoms with Gasteiger partial charge in [0.25, 0.3) is 5.76 Å². The normalized spacial score (nSPS) is 11.1. The number of alkyl halides is 2. The van der Waals surface area contributed by atoms with E-state index in [4.69, 9.17) is 9.52 Å². The Morgan fingerprint density at radius 1 is 1.44 bits per heavy atom. The van der Waals surface area contributed by atoms with Gasteiger partial charge in [-0.1, -0.05) is 11.8 Å². The van der Waals surface area contributed by atoms with Crippen molar-refractivity contribution in [3.05, 3.63) is 23.7 Å². The fourth-order valence-corrected chi connectivity index (χ4v) is 1.76. The third-order valence-electron chi connectivity index (χ3n) is 2.11.